The molecule has 1 heterocycles. The fourth-order valence-electron chi connectivity index (χ4n) is 2.75. The molecule has 0 spiro atoms. The molecule has 0 bridgehead atoms. The average molecular weight is 429 g/mol. The van der Waals surface area contributed by atoms with Gasteiger partial charge in [-0.25, -0.2) is 13.4 Å². The van der Waals surface area contributed by atoms with E-state index in [4.69, 9.17) is 0 Å². The summed E-state index contributed by atoms with van der Waals surface area (Å²) in [7, 11) is -3.32. The molecule has 0 saturated carbocycles. The van der Waals surface area contributed by atoms with Gasteiger partial charge in [-0.1, -0.05) is 41.7 Å². The molecule has 2 aromatic carbocycles. The van der Waals surface area contributed by atoms with Crippen LogP contribution in [0, 0.1) is 6.92 Å². The largest absolute Gasteiger partial charge is 0.298 e. The van der Waals surface area contributed by atoms with E-state index in [2.05, 4.69) is 10.3 Å². The van der Waals surface area contributed by atoms with E-state index in [0.29, 0.717) is 34.1 Å². The van der Waals surface area contributed by atoms with Crippen molar-refractivity contribution in [3.63, 3.8) is 0 Å². The minimum absolute atomic E-state index is 0.0122. The Labute approximate surface area is 173 Å². The van der Waals surface area contributed by atoms with E-state index in [1.807, 2.05) is 30.3 Å². The summed E-state index contributed by atoms with van der Waals surface area (Å²) in [5, 5.41) is 3.01. The van der Waals surface area contributed by atoms with Gasteiger partial charge in [-0.05, 0) is 43.2 Å². The van der Waals surface area contributed by atoms with Gasteiger partial charge in [0.05, 0.1) is 15.5 Å². The Kier molecular flexibility index (Phi) is 6.24. The third-order valence-corrected chi connectivity index (χ3v) is 6.54. The molecule has 29 heavy (non-hydrogen) atoms. The van der Waals surface area contributed by atoms with Crippen LogP contribution >= 0.6 is 11.3 Å². The van der Waals surface area contributed by atoms with Gasteiger partial charge in [-0.2, -0.15) is 0 Å². The number of hydrogen-bond donors (Lipinski definition) is 1. The van der Waals surface area contributed by atoms with Crippen LogP contribution in [0.5, 0.6) is 0 Å². The van der Waals surface area contributed by atoms with Crippen molar-refractivity contribution >= 4 is 38.0 Å². The summed E-state index contributed by atoms with van der Waals surface area (Å²) in [4.78, 5) is 29.9. The van der Waals surface area contributed by atoms with Crippen LogP contribution in [-0.4, -0.2) is 31.3 Å². The van der Waals surface area contributed by atoms with Gasteiger partial charge in [0, 0.05) is 18.2 Å². The lowest BCUT2D eigenvalue weighted by molar-refractivity contribution is 0.0984. The second kappa shape index (κ2) is 8.67. The molecule has 0 saturated heterocycles. The number of nitrogens with one attached hydrogen (secondary N) is 1. The fraction of sp³-hybridized carbons (Fsp3) is 0.190. The highest BCUT2D eigenvalue weighted by Gasteiger charge is 2.17. The lowest BCUT2D eigenvalue weighted by atomic mass is 10.1. The molecule has 3 aromatic rings. The molecular weight excluding hydrogens is 408 g/mol. The van der Waals surface area contributed by atoms with Gasteiger partial charge in [0.2, 0.25) is 0 Å². The molecule has 0 aliphatic heterocycles. The fourth-order valence-corrected chi connectivity index (χ4v) is 4.31. The van der Waals surface area contributed by atoms with E-state index in [9.17, 15) is 18.0 Å². The standard InChI is InChI=1S/C21H20N2O4S2/c1-14-19(18(24)13-8-15-6-4-3-5-7-15)28-21(22-14)23-20(25)16-9-11-17(12-10-16)29(2,26)27/h3-7,9-12H,8,13H2,1-2H3,(H,22,23,25). The second-order valence-corrected chi connectivity index (χ2v) is 9.61. The number of rotatable bonds is 7. The van der Waals surface area contributed by atoms with Gasteiger partial charge in [0.15, 0.2) is 20.8 Å². The summed E-state index contributed by atoms with van der Waals surface area (Å²) in [6, 6.07) is 15.4. The molecule has 0 fully saturated rings. The molecule has 0 aliphatic carbocycles. The number of Topliss-reactive ketones (excluding diaryl/α,β-unsaturated/α-hetero) is 1. The Morgan fingerprint density at radius 1 is 1.03 bits per heavy atom. The van der Waals surface area contributed by atoms with E-state index < -0.39 is 15.7 Å². The predicted octanol–water partition coefficient (Wildman–Crippen LogP) is 3.92. The maximum absolute atomic E-state index is 12.5. The Morgan fingerprint density at radius 2 is 1.69 bits per heavy atom. The number of ketones is 1. The van der Waals surface area contributed by atoms with Crippen molar-refractivity contribution < 1.29 is 18.0 Å². The lowest BCUT2D eigenvalue weighted by Crippen LogP contribution is -2.11. The molecule has 1 N–H and O–H groups in total. The third-order valence-electron chi connectivity index (χ3n) is 4.30. The summed E-state index contributed by atoms with van der Waals surface area (Å²) >= 11 is 1.14. The maximum Gasteiger partial charge on any atom is 0.257 e. The van der Waals surface area contributed by atoms with Crippen LogP contribution in [0.2, 0.25) is 0 Å². The van der Waals surface area contributed by atoms with Gasteiger partial charge in [-0.15, -0.1) is 0 Å². The average Bonchev–Trinajstić information content (AvgIpc) is 3.06. The zero-order chi connectivity index (χ0) is 21.0. The van der Waals surface area contributed by atoms with Crippen LogP contribution in [0.15, 0.2) is 59.5 Å². The van der Waals surface area contributed by atoms with E-state index in [1.54, 1.807) is 6.92 Å². The normalized spacial score (nSPS) is 11.2. The monoisotopic (exact) mass is 428 g/mol. The number of hydrogen-bond acceptors (Lipinski definition) is 6. The Bertz CT molecular complexity index is 1140. The quantitative estimate of drug-likeness (QED) is 0.576. The number of aromatic nitrogens is 1. The summed E-state index contributed by atoms with van der Waals surface area (Å²) in [6.45, 7) is 1.74. The highest BCUT2D eigenvalue weighted by molar-refractivity contribution is 7.90. The summed E-state index contributed by atoms with van der Waals surface area (Å²) in [5.41, 5.74) is 1.98. The minimum atomic E-state index is -3.32. The number of nitrogens with zero attached hydrogens (tertiary/aromatic N) is 1. The van der Waals surface area contributed by atoms with Crippen molar-refractivity contribution in [2.24, 2.45) is 0 Å². The molecule has 1 aromatic heterocycles. The minimum Gasteiger partial charge on any atom is -0.298 e. The van der Waals surface area contributed by atoms with Crippen LogP contribution in [0.4, 0.5) is 5.13 Å². The van der Waals surface area contributed by atoms with Crippen molar-refractivity contribution in [3.05, 3.63) is 76.3 Å². The van der Waals surface area contributed by atoms with E-state index in [0.717, 1.165) is 23.2 Å². The Hall–Kier alpha value is -2.84. The number of anilines is 1. The zero-order valence-electron chi connectivity index (χ0n) is 16.0. The van der Waals surface area contributed by atoms with Crippen LogP contribution in [-0.2, 0) is 16.3 Å². The Balaban J connectivity index is 1.66. The number of sulfone groups is 1. The molecule has 8 heteroatoms. The molecule has 150 valence electrons. The van der Waals surface area contributed by atoms with E-state index in [-0.39, 0.29) is 10.7 Å². The molecule has 0 aliphatic rings. The lowest BCUT2D eigenvalue weighted by Gasteiger charge is -2.03. The summed E-state index contributed by atoms with van der Waals surface area (Å²) in [6.07, 6.45) is 2.12. The van der Waals surface area contributed by atoms with Gasteiger partial charge < -0.3 is 0 Å². The summed E-state index contributed by atoms with van der Waals surface area (Å²) in [5.74, 6) is -0.427. The van der Waals surface area contributed by atoms with Crippen molar-refractivity contribution in [1.29, 1.82) is 0 Å². The van der Waals surface area contributed by atoms with Crippen LogP contribution < -0.4 is 5.32 Å². The third kappa shape index (κ3) is 5.36. The molecule has 0 atom stereocenters. The van der Waals surface area contributed by atoms with Crippen LogP contribution in [0.3, 0.4) is 0 Å². The van der Waals surface area contributed by atoms with E-state index in [1.165, 1.54) is 24.3 Å². The number of amides is 1. The van der Waals surface area contributed by atoms with Crippen LogP contribution in [0.1, 0.15) is 37.7 Å². The number of carbonyl (C=O) groups excluding carboxylic acids is 2. The molecular formula is C21H20N2O4S2. The second-order valence-electron chi connectivity index (χ2n) is 6.59. The first-order valence-electron chi connectivity index (χ1n) is 8.90. The van der Waals surface area contributed by atoms with Gasteiger partial charge in [-0.3, -0.25) is 14.9 Å². The van der Waals surface area contributed by atoms with Gasteiger partial charge in [0.1, 0.15) is 0 Å². The number of aryl methyl sites for hydroxylation is 2. The topological polar surface area (TPSA) is 93.2 Å². The van der Waals surface area contributed by atoms with Crippen molar-refractivity contribution in [1.82, 2.24) is 4.98 Å². The maximum atomic E-state index is 12.5. The molecule has 0 radical (unpaired) electrons. The summed E-state index contributed by atoms with van der Waals surface area (Å²) < 4.78 is 23.0. The highest BCUT2D eigenvalue weighted by Crippen LogP contribution is 2.25. The van der Waals surface area contributed by atoms with Crippen LogP contribution in [0.25, 0.3) is 0 Å². The molecule has 1 amide bonds. The molecule has 0 unspecified atom stereocenters. The van der Waals surface area contributed by atoms with Crippen molar-refractivity contribution in [2.75, 3.05) is 11.6 Å². The molecule has 6 nitrogen and oxygen atoms in total. The van der Waals surface area contributed by atoms with E-state index >= 15 is 0 Å². The van der Waals surface area contributed by atoms with Crippen molar-refractivity contribution in [2.45, 2.75) is 24.7 Å². The first-order chi connectivity index (χ1) is 13.7. The Morgan fingerprint density at radius 3 is 2.31 bits per heavy atom. The SMILES string of the molecule is Cc1nc(NC(=O)c2ccc(S(C)(=O)=O)cc2)sc1C(=O)CCc1ccccc1. The number of benzene rings is 2. The highest BCUT2D eigenvalue weighted by atomic mass is 32.2. The first kappa shape index (κ1) is 20.9. The zero-order valence-corrected chi connectivity index (χ0v) is 17.6. The number of carbonyl (C=O) groups is 2. The first-order valence-corrected chi connectivity index (χ1v) is 11.6. The van der Waals surface area contributed by atoms with Gasteiger partial charge in [0.25, 0.3) is 5.91 Å². The molecule has 3 rings (SSSR count). The van der Waals surface area contributed by atoms with Crippen molar-refractivity contribution in [3.8, 4) is 0 Å². The predicted molar refractivity (Wildman–Crippen MR) is 113 cm³/mol. The van der Waals surface area contributed by atoms with Gasteiger partial charge >= 0.3 is 0 Å². The number of thiazole rings is 1. The smallest absolute Gasteiger partial charge is 0.257 e.